The molecular formula is C45H26O. The Bertz CT molecular complexity index is 2630. The molecule has 46 heavy (non-hydrogen) atoms. The second-order valence-electron chi connectivity index (χ2n) is 12.7. The van der Waals surface area contributed by atoms with Gasteiger partial charge in [0.15, 0.2) is 0 Å². The summed E-state index contributed by atoms with van der Waals surface area (Å²) in [6.45, 7) is 0. The van der Waals surface area contributed by atoms with Crippen molar-refractivity contribution in [2.75, 3.05) is 0 Å². The second-order valence-corrected chi connectivity index (χ2v) is 12.7. The van der Waals surface area contributed by atoms with Crippen LogP contribution in [0.4, 0.5) is 0 Å². The third-order valence-electron chi connectivity index (χ3n) is 10.7. The van der Waals surface area contributed by atoms with E-state index in [1.807, 2.05) is 0 Å². The highest BCUT2D eigenvalue weighted by molar-refractivity contribution is 6.10. The Morgan fingerprint density at radius 1 is 0.370 bits per heavy atom. The number of hydrogen-bond donors (Lipinski definition) is 0. The third-order valence-corrected chi connectivity index (χ3v) is 10.7. The van der Waals surface area contributed by atoms with E-state index in [-0.39, 0.29) is 0 Å². The normalized spacial score (nSPS) is 16.1. The first-order valence-corrected chi connectivity index (χ1v) is 16.0. The monoisotopic (exact) mass is 582 g/mol. The number of para-hydroxylation sites is 1. The molecule has 0 fully saturated rings. The Kier molecular flexibility index (Phi) is 4.57. The van der Waals surface area contributed by atoms with Gasteiger partial charge in [-0.2, -0.15) is 0 Å². The minimum Gasteiger partial charge on any atom is -0.455 e. The minimum absolute atomic E-state index is 0.466. The molecule has 8 aromatic rings. The van der Waals surface area contributed by atoms with Crippen molar-refractivity contribution in [1.82, 2.24) is 0 Å². The molecule has 1 heteroatoms. The van der Waals surface area contributed by atoms with Crippen molar-refractivity contribution >= 4 is 21.5 Å². The largest absolute Gasteiger partial charge is 0.455 e. The highest BCUT2D eigenvalue weighted by atomic mass is 16.5. The Labute approximate surface area is 267 Å². The van der Waals surface area contributed by atoms with E-state index >= 15 is 0 Å². The lowest BCUT2D eigenvalue weighted by Gasteiger charge is -2.33. The average molecular weight is 583 g/mol. The quantitative estimate of drug-likeness (QED) is 0.187. The van der Waals surface area contributed by atoms with Crippen molar-refractivity contribution in [2.24, 2.45) is 0 Å². The molecule has 0 saturated heterocycles. The molecule has 0 radical (unpaired) electrons. The van der Waals surface area contributed by atoms with E-state index in [4.69, 9.17) is 4.74 Å². The van der Waals surface area contributed by atoms with E-state index in [2.05, 4.69) is 158 Å². The fourth-order valence-corrected chi connectivity index (χ4v) is 8.97. The Balaban J connectivity index is 1.31. The summed E-state index contributed by atoms with van der Waals surface area (Å²) in [6, 6.07) is 58.1. The lowest BCUT2D eigenvalue weighted by atomic mass is 9.68. The fraction of sp³-hybridized carbons (Fsp3) is 0.0222. The molecular weight excluding hydrogens is 556 g/mol. The van der Waals surface area contributed by atoms with Crippen LogP contribution in [0.1, 0.15) is 22.3 Å². The van der Waals surface area contributed by atoms with Gasteiger partial charge in [0.25, 0.3) is 0 Å². The Morgan fingerprint density at radius 3 is 1.87 bits per heavy atom. The standard InChI is InChI=1S/C45H26O/c1-2-13-29-27(11-1)24-26-39-42(29)36-16-4-7-21-38(36)45(39)37-20-6-3-14-30(37)33-18-10-19-34(43(33)45)35-25-23-28-12-9-17-32-31-15-5-8-22-40(31)46-44(35)41(28)32/h1-26H. The van der Waals surface area contributed by atoms with Crippen LogP contribution in [0.5, 0.6) is 11.5 Å². The summed E-state index contributed by atoms with van der Waals surface area (Å²) in [7, 11) is 0. The topological polar surface area (TPSA) is 9.23 Å². The Hall–Kier alpha value is -5.92. The minimum atomic E-state index is -0.466. The maximum atomic E-state index is 6.92. The van der Waals surface area contributed by atoms with Gasteiger partial charge in [-0.05, 0) is 83.9 Å². The van der Waals surface area contributed by atoms with Crippen LogP contribution in [0, 0.1) is 0 Å². The van der Waals surface area contributed by atoms with Crippen molar-refractivity contribution in [3.63, 3.8) is 0 Å². The van der Waals surface area contributed by atoms with Gasteiger partial charge in [-0.15, -0.1) is 0 Å². The molecule has 1 heterocycles. The molecule has 212 valence electrons. The third kappa shape index (κ3) is 2.83. The molecule has 1 aliphatic heterocycles. The summed E-state index contributed by atoms with van der Waals surface area (Å²) >= 11 is 0. The molecule has 1 spiro atoms. The molecule has 0 saturated carbocycles. The SMILES string of the molecule is c1ccc2c(c1)Oc1c(-c3cccc4c3C3(c5ccccc5-4)c4ccccc4-c4c3ccc3ccccc43)ccc3cccc-2c13. The molecule has 1 atom stereocenters. The number of fused-ring (bicyclic) bond motifs is 14. The first kappa shape index (κ1) is 24.4. The van der Waals surface area contributed by atoms with Crippen LogP contribution in [0.25, 0.3) is 66.1 Å². The second kappa shape index (κ2) is 8.62. The molecule has 8 aromatic carbocycles. The first-order chi connectivity index (χ1) is 22.8. The van der Waals surface area contributed by atoms with E-state index in [0.29, 0.717) is 0 Å². The van der Waals surface area contributed by atoms with Crippen molar-refractivity contribution in [3.05, 3.63) is 180 Å². The van der Waals surface area contributed by atoms with Crippen LogP contribution in [0.15, 0.2) is 158 Å². The zero-order chi connectivity index (χ0) is 30.0. The van der Waals surface area contributed by atoms with Crippen LogP contribution < -0.4 is 4.74 Å². The predicted molar refractivity (Wildman–Crippen MR) is 189 cm³/mol. The highest BCUT2D eigenvalue weighted by Crippen LogP contribution is 2.66. The van der Waals surface area contributed by atoms with Gasteiger partial charge >= 0.3 is 0 Å². The van der Waals surface area contributed by atoms with Crippen LogP contribution >= 0.6 is 0 Å². The van der Waals surface area contributed by atoms with Gasteiger partial charge in [0.05, 0.1) is 5.41 Å². The van der Waals surface area contributed by atoms with E-state index in [1.165, 1.54) is 77.2 Å². The van der Waals surface area contributed by atoms with Crippen molar-refractivity contribution in [3.8, 4) is 56.0 Å². The lowest BCUT2D eigenvalue weighted by molar-refractivity contribution is 0.488. The number of rotatable bonds is 1. The smallest absolute Gasteiger partial charge is 0.143 e. The zero-order valence-corrected chi connectivity index (χ0v) is 24.9. The summed E-state index contributed by atoms with van der Waals surface area (Å²) in [6.07, 6.45) is 0. The summed E-state index contributed by atoms with van der Waals surface area (Å²) in [5.74, 6) is 1.85. The molecule has 3 aliphatic rings. The molecule has 1 unspecified atom stereocenters. The van der Waals surface area contributed by atoms with Gasteiger partial charge in [0, 0.05) is 16.5 Å². The molecule has 2 aliphatic carbocycles. The molecule has 0 N–H and O–H groups in total. The number of benzene rings is 8. The molecule has 0 bridgehead atoms. The summed E-state index contributed by atoms with van der Waals surface area (Å²) in [5.41, 5.74) is 14.9. The molecule has 0 aromatic heterocycles. The van der Waals surface area contributed by atoms with Gasteiger partial charge in [-0.3, -0.25) is 0 Å². The van der Waals surface area contributed by atoms with Gasteiger partial charge in [0.1, 0.15) is 11.5 Å². The van der Waals surface area contributed by atoms with E-state index in [1.54, 1.807) is 0 Å². The Morgan fingerprint density at radius 2 is 0.978 bits per heavy atom. The number of ether oxygens (including phenoxy) is 1. The van der Waals surface area contributed by atoms with Gasteiger partial charge in [-0.25, -0.2) is 0 Å². The van der Waals surface area contributed by atoms with Crippen LogP contribution in [0.3, 0.4) is 0 Å². The van der Waals surface area contributed by atoms with Gasteiger partial charge in [-0.1, -0.05) is 146 Å². The highest BCUT2D eigenvalue weighted by Gasteiger charge is 2.53. The molecule has 11 rings (SSSR count). The lowest BCUT2D eigenvalue weighted by Crippen LogP contribution is -2.26. The van der Waals surface area contributed by atoms with E-state index < -0.39 is 5.41 Å². The van der Waals surface area contributed by atoms with Crippen LogP contribution in [-0.2, 0) is 5.41 Å². The van der Waals surface area contributed by atoms with Crippen molar-refractivity contribution in [1.29, 1.82) is 0 Å². The van der Waals surface area contributed by atoms with Gasteiger partial charge in [0.2, 0.25) is 0 Å². The van der Waals surface area contributed by atoms with Crippen LogP contribution in [0.2, 0.25) is 0 Å². The zero-order valence-electron chi connectivity index (χ0n) is 24.9. The molecule has 1 nitrogen and oxygen atoms in total. The van der Waals surface area contributed by atoms with E-state index in [9.17, 15) is 0 Å². The number of hydrogen-bond acceptors (Lipinski definition) is 1. The summed E-state index contributed by atoms with van der Waals surface area (Å²) in [5, 5.41) is 4.95. The van der Waals surface area contributed by atoms with Crippen LogP contribution in [-0.4, -0.2) is 0 Å². The maximum absolute atomic E-state index is 6.92. The average Bonchev–Trinajstić information content (AvgIpc) is 3.60. The first-order valence-electron chi connectivity index (χ1n) is 16.0. The summed E-state index contributed by atoms with van der Waals surface area (Å²) < 4.78 is 6.92. The van der Waals surface area contributed by atoms with Crippen molar-refractivity contribution in [2.45, 2.75) is 5.41 Å². The fourth-order valence-electron chi connectivity index (χ4n) is 8.97. The summed E-state index contributed by atoms with van der Waals surface area (Å²) in [4.78, 5) is 0. The van der Waals surface area contributed by atoms with Crippen molar-refractivity contribution < 1.29 is 4.74 Å². The van der Waals surface area contributed by atoms with E-state index in [0.717, 1.165) is 22.6 Å². The molecule has 0 amide bonds. The maximum Gasteiger partial charge on any atom is 0.143 e. The predicted octanol–water partition coefficient (Wildman–Crippen LogP) is 11.8. The van der Waals surface area contributed by atoms with Gasteiger partial charge < -0.3 is 4.74 Å².